The van der Waals surface area contributed by atoms with Gasteiger partial charge in [-0.2, -0.15) is 0 Å². The lowest BCUT2D eigenvalue weighted by Gasteiger charge is -2.18. The highest BCUT2D eigenvalue weighted by atomic mass is 16.6. The first-order valence-electron chi connectivity index (χ1n) is 27.7. The molecular formula is C63H100O6. The molecule has 0 aliphatic carbocycles. The first-order valence-corrected chi connectivity index (χ1v) is 27.7. The van der Waals surface area contributed by atoms with Gasteiger partial charge >= 0.3 is 17.9 Å². The predicted molar refractivity (Wildman–Crippen MR) is 297 cm³/mol. The third-order valence-corrected chi connectivity index (χ3v) is 11.1. The van der Waals surface area contributed by atoms with E-state index in [1.807, 2.05) is 0 Å². The minimum Gasteiger partial charge on any atom is -0.462 e. The Morgan fingerprint density at radius 1 is 0.304 bits per heavy atom. The molecule has 0 bridgehead atoms. The molecule has 0 N–H and O–H groups in total. The summed E-state index contributed by atoms with van der Waals surface area (Å²) in [5.74, 6) is -1.00. The Balaban J connectivity index is 4.55. The largest absolute Gasteiger partial charge is 0.462 e. The second-order valence-corrected chi connectivity index (χ2v) is 17.7. The second-order valence-electron chi connectivity index (χ2n) is 17.7. The van der Waals surface area contributed by atoms with E-state index in [0.29, 0.717) is 25.7 Å². The SMILES string of the molecule is CC/C=C\C/C=C\C/C=C\C/C=C\C/C=C\CCCCCC(=O)OC[C@H](COC(=O)CCCC/C=C\C/C=C\C/C=C\C/C=C\CC)OC(=O)CCCCCCCCC/C=C\C/C=C\CCCCC. The van der Waals surface area contributed by atoms with E-state index in [1.165, 1.54) is 51.4 Å². The van der Waals surface area contributed by atoms with Gasteiger partial charge in [0.15, 0.2) is 6.10 Å². The minimum atomic E-state index is -0.819. The molecule has 0 saturated carbocycles. The normalized spacial score (nSPS) is 13.1. The van der Waals surface area contributed by atoms with E-state index in [0.717, 1.165) is 128 Å². The Bertz CT molecular complexity index is 1510. The molecule has 0 aliphatic rings. The molecule has 1 atom stereocenters. The number of hydrogen-bond acceptors (Lipinski definition) is 6. The van der Waals surface area contributed by atoms with Gasteiger partial charge in [0.05, 0.1) is 0 Å². The maximum Gasteiger partial charge on any atom is 0.306 e. The van der Waals surface area contributed by atoms with Gasteiger partial charge in [0.2, 0.25) is 0 Å². The van der Waals surface area contributed by atoms with Crippen molar-refractivity contribution in [2.24, 2.45) is 0 Å². The maximum atomic E-state index is 12.8. The van der Waals surface area contributed by atoms with Gasteiger partial charge in [-0.05, 0) is 135 Å². The minimum absolute atomic E-state index is 0.116. The van der Waals surface area contributed by atoms with Gasteiger partial charge in [-0.25, -0.2) is 0 Å². The molecule has 0 amide bonds. The van der Waals surface area contributed by atoms with E-state index >= 15 is 0 Å². The van der Waals surface area contributed by atoms with Crippen LogP contribution in [0.5, 0.6) is 0 Å². The van der Waals surface area contributed by atoms with Gasteiger partial charge in [0, 0.05) is 19.3 Å². The number of carbonyl (C=O) groups is 3. The molecule has 0 heterocycles. The standard InChI is InChI=1S/C63H100O6/c1-4-7-10-13-16-19-22-25-28-30-31-33-35-38-41-44-47-50-53-56-62(65)68-59-60(58-67-61(64)55-52-49-46-43-40-37-34-27-24-21-18-15-12-9-6-3)69-63(66)57-54-51-48-45-42-39-36-32-29-26-23-20-17-14-11-8-5-2/h7,9-10,12,16-21,25-29,31,33-34,38,40-41,43,60H,4-6,8,11,13-15,22-24,30,32,35-37,39,42,44-59H2,1-3H3/b10-7-,12-9-,19-16-,20-17-,21-18-,28-25-,29-26-,33-31-,34-27-,41-38-,43-40-/t60-/m0/s1. The highest BCUT2D eigenvalue weighted by Gasteiger charge is 2.19. The molecule has 388 valence electrons. The van der Waals surface area contributed by atoms with Gasteiger partial charge in [0.1, 0.15) is 13.2 Å². The summed E-state index contributed by atoms with van der Waals surface area (Å²) < 4.78 is 16.8. The van der Waals surface area contributed by atoms with Crippen molar-refractivity contribution in [2.45, 2.75) is 232 Å². The summed E-state index contributed by atoms with van der Waals surface area (Å²) in [5.41, 5.74) is 0. The second kappa shape index (κ2) is 56.1. The van der Waals surface area contributed by atoms with Gasteiger partial charge in [0.25, 0.3) is 0 Å². The van der Waals surface area contributed by atoms with Crippen LogP contribution in [0.25, 0.3) is 0 Å². The Hall–Kier alpha value is -4.45. The number of rotatable bonds is 48. The van der Waals surface area contributed by atoms with Crippen LogP contribution >= 0.6 is 0 Å². The molecule has 0 rings (SSSR count). The molecule has 0 radical (unpaired) electrons. The maximum absolute atomic E-state index is 12.8. The number of unbranched alkanes of at least 4 members (excludes halogenated alkanes) is 15. The Morgan fingerprint density at radius 3 is 0.928 bits per heavy atom. The van der Waals surface area contributed by atoms with Crippen molar-refractivity contribution in [3.8, 4) is 0 Å². The van der Waals surface area contributed by atoms with E-state index in [9.17, 15) is 14.4 Å². The average molecular weight is 953 g/mol. The monoisotopic (exact) mass is 953 g/mol. The fourth-order valence-electron chi connectivity index (χ4n) is 7.02. The topological polar surface area (TPSA) is 78.9 Å². The number of allylic oxidation sites excluding steroid dienone is 22. The van der Waals surface area contributed by atoms with Crippen LogP contribution < -0.4 is 0 Å². The number of carbonyl (C=O) groups excluding carboxylic acids is 3. The Kier molecular flexibility index (Phi) is 52.5. The van der Waals surface area contributed by atoms with Crippen molar-refractivity contribution in [2.75, 3.05) is 13.2 Å². The van der Waals surface area contributed by atoms with Crippen LogP contribution in [0.1, 0.15) is 226 Å². The Morgan fingerprint density at radius 2 is 0.565 bits per heavy atom. The summed E-state index contributed by atoms with van der Waals surface area (Å²) in [4.78, 5) is 38.1. The lowest BCUT2D eigenvalue weighted by molar-refractivity contribution is -0.167. The molecule has 6 heteroatoms. The van der Waals surface area contributed by atoms with Crippen molar-refractivity contribution in [1.82, 2.24) is 0 Å². The van der Waals surface area contributed by atoms with Gasteiger partial charge in [-0.15, -0.1) is 0 Å². The highest BCUT2D eigenvalue weighted by molar-refractivity contribution is 5.71. The molecule has 0 saturated heterocycles. The van der Waals surface area contributed by atoms with Gasteiger partial charge < -0.3 is 14.2 Å². The Labute approximate surface area is 424 Å². The van der Waals surface area contributed by atoms with Crippen LogP contribution in [-0.4, -0.2) is 37.2 Å². The van der Waals surface area contributed by atoms with E-state index < -0.39 is 6.10 Å². The molecule has 0 unspecified atom stereocenters. The van der Waals surface area contributed by atoms with E-state index in [4.69, 9.17) is 14.2 Å². The molecule has 0 aromatic rings. The quantitative estimate of drug-likeness (QED) is 0.0262. The zero-order chi connectivity index (χ0) is 50.0. The van der Waals surface area contributed by atoms with Crippen LogP contribution in [-0.2, 0) is 28.6 Å². The van der Waals surface area contributed by atoms with Crippen molar-refractivity contribution in [3.05, 3.63) is 134 Å². The van der Waals surface area contributed by atoms with Crippen molar-refractivity contribution < 1.29 is 28.6 Å². The van der Waals surface area contributed by atoms with E-state index in [-0.39, 0.29) is 31.1 Å². The third kappa shape index (κ3) is 54.4. The third-order valence-electron chi connectivity index (χ3n) is 11.1. The molecule has 0 spiro atoms. The predicted octanol–water partition coefficient (Wildman–Crippen LogP) is 18.6. The number of ether oxygens (including phenoxy) is 3. The van der Waals surface area contributed by atoms with Crippen LogP contribution in [0.2, 0.25) is 0 Å². The van der Waals surface area contributed by atoms with Crippen LogP contribution in [0.4, 0.5) is 0 Å². The summed E-state index contributed by atoms with van der Waals surface area (Å²) >= 11 is 0. The molecule has 0 aliphatic heterocycles. The fraction of sp³-hybridized carbons (Fsp3) is 0.603. The summed E-state index contributed by atoms with van der Waals surface area (Å²) in [6, 6.07) is 0. The van der Waals surface area contributed by atoms with E-state index in [2.05, 4.69) is 154 Å². The van der Waals surface area contributed by atoms with Crippen LogP contribution in [0.15, 0.2) is 134 Å². The summed E-state index contributed by atoms with van der Waals surface area (Å²) in [6.45, 7) is 6.30. The van der Waals surface area contributed by atoms with Gasteiger partial charge in [-0.1, -0.05) is 206 Å². The fourth-order valence-corrected chi connectivity index (χ4v) is 7.02. The smallest absolute Gasteiger partial charge is 0.306 e. The summed E-state index contributed by atoms with van der Waals surface area (Å²) in [7, 11) is 0. The zero-order valence-corrected chi connectivity index (χ0v) is 44.3. The average Bonchev–Trinajstić information content (AvgIpc) is 3.35. The molecule has 0 aromatic carbocycles. The number of hydrogen-bond donors (Lipinski definition) is 0. The van der Waals surface area contributed by atoms with Crippen LogP contribution in [0.3, 0.4) is 0 Å². The molecule has 69 heavy (non-hydrogen) atoms. The lowest BCUT2D eigenvalue weighted by atomic mass is 10.1. The molecule has 0 fully saturated rings. The van der Waals surface area contributed by atoms with Gasteiger partial charge in [-0.3, -0.25) is 14.4 Å². The number of esters is 3. The summed E-state index contributed by atoms with van der Waals surface area (Å²) in [5, 5.41) is 0. The molecular weight excluding hydrogens is 853 g/mol. The van der Waals surface area contributed by atoms with E-state index in [1.54, 1.807) is 0 Å². The molecule has 0 aromatic heterocycles. The zero-order valence-electron chi connectivity index (χ0n) is 44.3. The first-order chi connectivity index (χ1) is 34.0. The van der Waals surface area contributed by atoms with Crippen molar-refractivity contribution >= 4 is 17.9 Å². The van der Waals surface area contributed by atoms with Crippen molar-refractivity contribution in [3.63, 3.8) is 0 Å². The summed E-state index contributed by atoms with van der Waals surface area (Å²) in [6.07, 6.45) is 78.6. The molecule has 6 nitrogen and oxygen atoms in total. The first kappa shape index (κ1) is 64.5. The van der Waals surface area contributed by atoms with Crippen molar-refractivity contribution in [1.29, 1.82) is 0 Å². The van der Waals surface area contributed by atoms with Crippen LogP contribution in [0, 0.1) is 0 Å². The lowest BCUT2D eigenvalue weighted by Crippen LogP contribution is -2.30. The highest BCUT2D eigenvalue weighted by Crippen LogP contribution is 2.13.